The molecule has 2 N–H and O–H groups in total. The number of hydrogen-bond acceptors (Lipinski definition) is 3. The summed E-state index contributed by atoms with van der Waals surface area (Å²) in [7, 11) is 0. The molecular weight excluding hydrogens is 258 g/mol. The van der Waals surface area contributed by atoms with E-state index >= 15 is 0 Å². The molecule has 112 valence electrons. The second kappa shape index (κ2) is 5.64. The molecule has 2 heterocycles. The third-order valence-electron chi connectivity index (χ3n) is 4.93. The molecule has 1 aromatic carbocycles. The molecule has 0 radical (unpaired) electrons. The van der Waals surface area contributed by atoms with Crippen molar-refractivity contribution in [2.75, 3.05) is 11.4 Å². The van der Waals surface area contributed by atoms with Crippen molar-refractivity contribution < 1.29 is 0 Å². The van der Waals surface area contributed by atoms with Gasteiger partial charge in [-0.05, 0) is 31.2 Å². The number of nitrogens with two attached hydrogens (primary N) is 1. The van der Waals surface area contributed by atoms with Crippen LogP contribution in [0.2, 0.25) is 0 Å². The highest BCUT2D eigenvalue weighted by molar-refractivity contribution is 5.93. The first-order valence-corrected chi connectivity index (χ1v) is 7.95. The molecular formula is C18H25N3. The molecule has 0 amide bonds. The van der Waals surface area contributed by atoms with Gasteiger partial charge in [0, 0.05) is 36.3 Å². The lowest BCUT2D eigenvalue weighted by molar-refractivity contribution is 0.297. The van der Waals surface area contributed by atoms with Crippen molar-refractivity contribution in [1.82, 2.24) is 4.98 Å². The van der Waals surface area contributed by atoms with Gasteiger partial charge in [0.05, 0.1) is 11.2 Å². The van der Waals surface area contributed by atoms with Gasteiger partial charge < -0.3 is 10.6 Å². The number of pyridine rings is 1. The summed E-state index contributed by atoms with van der Waals surface area (Å²) in [5.74, 6) is 1.42. The van der Waals surface area contributed by atoms with Gasteiger partial charge in [-0.15, -0.1) is 0 Å². The quantitative estimate of drug-likeness (QED) is 0.916. The fourth-order valence-electron chi connectivity index (χ4n) is 3.67. The predicted molar refractivity (Wildman–Crippen MR) is 89.4 cm³/mol. The predicted octanol–water partition coefficient (Wildman–Crippen LogP) is 3.56. The summed E-state index contributed by atoms with van der Waals surface area (Å²) in [6.45, 7) is 8.69. The summed E-state index contributed by atoms with van der Waals surface area (Å²) >= 11 is 0. The highest BCUT2D eigenvalue weighted by Crippen LogP contribution is 2.37. The number of para-hydroxylation sites is 1. The zero-order valence-electron chi connectivity index (χ0n) is 13.2. The Morgan fingerprint density at radius 3 is 2.76 bits per heavy atom. The van der Waals surface area contributed by atoms with Crippen LogP contribution in [-0.4, -0.2) is 17.6 Å². The number of fused-ring (bicyclic) bond motifs is 1. The minimum absolute atomic E-state index is 0.539. The molecule has 0 spiro atoms. The fourth-order valence-corrected chi connectivity index (χ4v) is 3.67. The van der Waals surface area contributed by atoms with Crippen molar-refractivity contribution in [3.63, 3.8) is 0 Å². The maximum Gasteiger partial charge on any atom is 0.0723 e. The monoisotopic (exact) mass is 283 g/mol. The van der Waals surface area contributed by atoms with Crippen molar-refractivity contribution in [3.8, 4) is 0 Å². The first kappa shape index (κ1) is 14.3. The first-order chi connectivity index (χ1) is 10.1. The third kappa shape index (κ3) is 2.51. The summed E-state index contributed by atoms with van der Waals surface area (Å²) < 4.78 is 0. The lowest BCUT2D eigenvalue weighted by atomic mass is 9.85. The molecule has 0 saturated carbocycles. The molecule has 3 rings (SSSR count). The van der Waals surface area contributed by atoms with E-state index < -0.39 is 0 Å². The van der Waals surface area contributed by atoms with Gasteiger partial charge in [-0.2, -0.15) is 0 Å². The van der Waals surface area contributed by atoms with E-state index in [2.05, 4.69) is 48.9 Å². The Bertz CT molecular complexity index is 637. The van der Waals surface area contributed by atoms with Crippen LogP contribution < -0.4 is 10.6 Å². The van der Waals surface area contributed by atoms with Crippen LogP contribution in [0.25, 0.3) is 10.9 Å². The number of nitrogens with zero attached hydrogens (tertiary/aromatic N) is 2. The summed E-state index contributed by atoms with van der Waals surface area (Å²) in [6.07, 6.45) is 3.26. The molecule has 1 fully saturated rings. The average molecular weight is 283 g/mol. The highest BCUT2D eigenvalue weighted by Gasteiger charge is 2.30. The average Bonchev–Trinajstić information content (AvgIpc) is 2.50. The van der Waals surface area contributed by atoms with E-state index in [1.165, 1.54) is 17.5 Å². The molecule has 0 aliphatic carbocycles. The van der Waals surface area contributed by atoms with Crippen LogP contribution in [0.5, 0.6) is 0 Å². The van der Waals surface area contributed by atoms with Gasteiger partial charge in [-0.3, -0.25) is 4.98 Å². The Hall–Kier alpha value is -1.61. The molecule has 3 unspecified atom stereocenters. The van der Waals surface area contributed by atoms with E-state index in [4.69, 9.17) is 5.73 Å². The smallest absolute Gasteiger partial charge is 0.0723 e. The van der Waals surface area contributed by atoms with Crippen LogP contribution in [0.15, 0.2) is 30.5 Å². The van der Waals surface area contributed by atoms with Gasteiger partial charge >= 0.3 is 0 Å². The standard InChI is InChI=1S/C18H25N3/c1-12-8-13(2)14(3)21(11-12)18-15(9-19)10-20-17-7-5-4-6-16(17)18/h4-7,10,12-14H,8-9,11,19H2,1-3H3. The van der Waals surface area contributed by atoms with Crippen molar-refractivity contribution in [2.45, 2.75) is 39.8 Å². The lowest BCUT2D eigenvalue weighted by Gasteiger charge is -2.43. The molecule has 1 aliphatic heterocycles. The van der Waals surface area contributed by atoms with E-state index in [0.717, 1.165) is 17.6 Å². The number of hydrogen-bond donors (Lipinski definition) is 1. The fraction of sp³-hybridized carbons (Fsp3) is 0.500. The summed E-state index contributed by atoms with van der Waals surface area (Å²) in [4.78, 5) is 7.12. The van der Waals surface area contributed by atoms with Crippen molar-refractivity contribution in [3.05, 3.63) is 36.0 Å². The zero-order chi connectivity index (χ0) is 15.0. The van der Waals surface area contributed by atoms with Crippen LogP contribution in [0.1, 0.15) is 32.8 Å². The number of piperidine rings is 1. The molecule has 3 heteroatoms. The van der Waals surface area contributed by atoms with Gasteiger partial charge in [0.25, 0.3) is 0 Å². The molecule has 0 bridgehead atoms. The van der Waals surface area contributed by atoms with Crippen LogP contribution in [0, 0.1) is 11.8 Å². The topological polar surface area (TPSA) is 42.1 Å². The highest BCUT2D eigenvalue weighted by atomic mass is 15.2. The van der Waals surface area contributed by atoms with Crippen molar-refractivity contribution >= 4 is 16.6 Å². The minimum Gasteiger partial charge on any atom is -0.367 e. The largest absolute Gasteiger partial charge is 0.367 e. The maximum absolute atomic E-state index is 6.00. The van der Waals surface area contributed by atoms with Gasteiger partial charge in [-0.25, -0.2) is 0 Å². The van der Waals surface area contributed by atoms with Crippen LogP contribution in [-0.2, 0) is 6.54 Å². The van der Waals surface area contributed by atoms with E-state index in [0.29, 0.717) is 24.4 Å². The number of benzene rings is 1. The molecule has 1 aliphatic rings. The molecule has 1 aromatic heterocycles. The number of rotatable bonds is 2. The maximum atomic E-state index is 6.00. The Labute approximate surface area is 127 Å². The summed E-state index contributed by atoms with van der Waals surface area (Å²) in [5, 5.41) is 1.23. The van der Waals surface area contributed by atoms with Crippen LogP contribution in [0.3, 0.4) is 0 Å². The van der Waals surface area contributed by atoms with Gasteiger partial charge in [0.1, 0.15) is 0 Å². The lowest BCUT2D eigenvalue weighted by Crippen LogP contribution is -2.46. The van der Waals surface area contributed by atoms with E-state index in [1.807, 2.05) is 12.3 Å². The normalized spacial score (nSPS) is 26.3. The SMILES string of the molecule is CC1CC(C)C(C)N(c2c(CN)cnc3ccccc23)C1. The Morgan fingerprint density at radius 2 is 2.00 bits per heavy atom. The Morgan fingerprint density at radius 1 is 1.24 bits per heavy atom. The first-order valence-electron chi connectivity index (χ1n) is 7.95. The van der Waals surface area contributed by atoms with Crippen LogP contribution >= 0.6 is 0 Å². The Kier molecular flexibility index (Phi) is 3.85. The summed E-state index contributed by atoms with van der Waals surface area (Å²) in [5.41, 5.74) is 9.51. The molecule has 2 aromatic rings. The number of aromatic nitrogens is 1. The minimum atomic E-state index is 0.539. The van der Waals surface area contributed by atoms with Crippen LogP contribution in [0.4, 0.5) is 5.69 Å². The van der Waals surface area contributed by atoms with E-state index in [9.17, 15) is 0 Å². The Balaban J connectivity index is 2.17. The van der Waals surface area contributed by atoms with Gasteiger partial charge in [0.2, 0.25) is 0 Å². The van der Waals surface area contributed by atoms with Crippen molar-refractivity contribution in [2.24, 2.45) is 17.6 Å². The second-order valence-electron chi connectivity index (χ2n) is 6.56. The molecule has 3 atom stereocenters. The van der Waals surface area contributed by atoms with Gasteiger partial charge in [0.15, 0.2) is 0 Å². The van der Waals surface area contributed by atoms with Crippen molar-refractivity contribution in [1.29, 1.82) is 0 Å². The molecule has 21 heavy (non-hydrogen) atoms. The summed E-state index contributed by atoms with van der Waals surface area (Å²) in [6, 6.07) is 8.94. The van der Waals surface area contributed by atoms with E-state index in [-0.39, 0.29) is 0 Å². The third-order valence-corrected chi connectivity index (χ3v) is 4.93. The molecule has 1 saturated heterocycles. The zero-order valence-corrected chi connectivity index (χ0v) is 13.2. The molecule has 3 nitrogen and oxygen atoms in total. The van der Waals surface area contributed by atoms with E-state index in [1.54, 1.807) is 0 Å². The second-order valence-corrected chi connectivity index (χ2v) is 6.56. The number of anilines is 1. The van der Waals surface area contributed by atoms with Gasteiger partial charge in [-0.1, -0.05) is 32.0 Å².